The van der Waals surface area contributed by atoms with Gasteiger partial charge in [0, 0.05) is 12.6 Å². The van der Waals surface area contributed by atoms with Crippen LogP contribution in [-0.4, -0.2) is 19.1 Å². The molecule has 2 nitrogen and oxygen atoms in total. The van der Waals surface area contributed by atoms with E-state index in [1.165, 1.54) is 4.90 Å². The van der Waals surface area contributed by atoms with Crippen LogP contribution in [-0.2, 0) is 0 Å². The predicted octanol–water partition coefficient (Wildman–Crippen LogP) is 3.48. The molecule has 7 heteroatoms. The van der Waals surface area contributed by atoms with Gasteiger partial charge in [-0.2, -0.15) is 0 Å². The Morgan fingerprint density at radius 1 is 0.857 bits per heavy atom. The summed E-state index contributed by atoms with van der Waals surface area (Å²) in [7, 11) is 0. The SMILES string of the molecule is NCCCN(c1c(F)c(F)c(F)c(F)c1F)C1CCCC1. The average Bonchev–Trinajstić information content (AvgIpc) is 3.00. The van der Waals surface area contributed by atoms with E-state index in [9.17, 15) is 22.0 Å². The first-order chi connectivity index (χ1) is 9.99. The van der Waals surface area contributed by atoms with Crippen LogP contribution in [0.1, 0.15) is 32.1 Å². The lowest BCUT2D eigenvalue weighted by atomic mass is 10.1. The van der Waals surface area contributed by atoms with E-state index in [1.807, 2.05) is 0 Å². The summed E-state index contributed by atoms with van der Waals surface area (Å²) in [4.78, 5) is 1.29. The van der Waals surface area contributed by atoms with Gasteiger partial charge in [-0.1, -0.05) is 12.8 Å². The minimum atomic E-state index is -2.13. The van der Waals surface area contributed by atoms with Crippen LogP contribution >= 0.6 is 0 Å². The molecule has 1 fully saturated rings. The van der Waals surface area contributed by atoms with E-state index in [1.54, 1.807) is 0 Å². The van der Waals surface area contributed by atoms with Gasteiger partial charge < -0.3 is 10.6 Å². The van der Waals surface area contributed by atoms with Gasteiger partial charge >= 0.3 is 0 Å². The number of rotatable bonds is 5. The molecule has 0 radical (unpaired) electrons. The van der Waals surface area contributed by atoms with Crippen molar-refractivity contribution in [3.05, 3.63) is 29.1 Å². The number of hydrogen-bond acceptors (Lipinski definition) is 2. The highest BCUT2D eigenvalue weighted by atomic mass is 19.2. The van der Waals surface area contributed by atoms with Gasteiger partial charge in [0.05, 0.1) is 0 Å². The topological polar surface area (TPSA) is 29.3 Å². The molecular formula is C14H17F5N2. The van der Waals surface area contributed by atoms with Crippen LogP contribution in [0.4, 0.5) is 27.6 Å². The van der Waals surface area contributed by atoms with Crippen LogP contribution in [0.25, 0.3) is 0 Å². The summed E-state index contributed by atoms with van der Waals surface area (Å²) in [6.45, 7) is 0.443. The third-order valence-electron chi connectivity index (χ3n) is 3.84. The van der Waals surface area contributed by atoms with Gasteiger partial charge in [-0.15, -0.1) is 0 Å². The van der Waals surface area contributed by atoms with Crippen molar-refractivity contribution in [1.82, 2.24) is 0 Å². The zero-order chi connectivity index (χ0) is 15.6. The maximum atomic E-state index is 13.9. The molecule has 0 aromatic heterocycles. The Morgan fingerprint density at radius 2 is 1.33 bits per heavy atom. The van der Waals surface area contributed by atoms with Crippen LogP contribution < -0.4 is 10.6 Å². The van der Waals surface area contributed by atoms with E-state index in [4.69, 9.17) is 5.73 Å². The second-order valence-electron chi connectivity index (χ2n) is 5.19. The van der Waals surface area contributed by atoms with E-state index in [2.05, 4.69) is 0 Å². The number of nitrogens with zero attached hydrogens (tertiary/aromatic N) is 1. The summed E-state index contributed by atoms with van der Waals surface area (Å²) in [6.07, 6.45) is 3.50. The second kappa shape index (κ2) is 6.60. The molecule has 0 saturated heterocycles. The van der Waals surface area contributed by atoms with Crippen molar-refractivity contribution in [3.63, 3.8) is 0 Å². The fourth-order valence-electron chi connectivity index (χ4n) is 2.80. The van der Waals surface area contributed by atoms with Crippen LogP contribution in [0.3, 0.4) is 0 Å². The first-order valence-corrected chi connectivity index (χ1v) is 6.97. The molecule has 2 N–H and O–H groups in total. The van der Waals surface area contributed by atoms with Gasteiger partial charge in [0.2, 0.25) is 5.82 Å². The molecule has 1 aromatic rings. The molecule has 2 rings (SSSR count). The largest absolute Gasteiger partial charge is 0.364 e. The fraction of sp³-hybridized carbons (Fsp3) is 0.571. The molecule has 0 amide bonds. The molecule has 1 saturated carbocycles. The van der Waals surface area contributed by atoms with E-state index in [-0.39, 0.29) is 19.1 Å². The number of benzene rings is 1. The molecule has 21 heavy (non-hydrogen) atoms. The van der Waals surface area contributed by atoms with Gasteiger partial charge in [0.15, 0.2) is 23.3 Å². The van der Waals surface area contributed by atoms with Gasteiger partial charge in [0.25, 0.3) is 0 Å². The number of nitrogens with two attached hydrogens (primary N) is 1. The fourth-order valence-corrected chi connectivity index (χ4v) is 2.80. The van der Waals surface area contributed by atoms with Crippen molar-refractivity contribution in [1.29, 1.82) is 0 Å². The van der Waals surface area contributed by atoms with Gasteiger partial charge in [-0.3, -0.25) is 0 Å². The maximum Gasteiger partial charge on any atom is 0.200 e. The van der Waals surface area contributed by atoms with Gasteiger partial charge in [0.1, 0.15) is 5.69 Å². The molecule has 0 unspecified atom stereocenters. The molecular weight excluding hydrogens is 291 g/mol. The van der Waals surface area contributed by atoms with Crippen molar-refractivity contribution in [2.24, 2.45) is 5.73 Å². The summed E-state index contributed by atoms with van der Waals surface area (Å²) in [6, 6.07) is -0.218. The van der Waals surface area contributed by atoms with Crippen molar-refractivity contribution >= 4 is 5.69 Å². The molecule has 0 atom stereocenters. The van der Waals surface area contributed by atoms with Gasteiger partial charge in [-0.05, 0) is 25.8 Å². The van der Waals surface area contributed by atoms with Crippen LogP contribution in [0.2, 0.25) is 0 Å². The molecule has 1 aliphatic rings. The predicted molar refractivity (Wildman–Crippen MR) is 69.5 cm³/mol. The summed E-state index contributed by atoms with van der Waals surface area (Å²) >= 11 is 0. The zero-order valence-corrected chi connectivity index (χ0v) is 11.4. The third kappa shape index (κ3) is 2.97. The monoisotopic (exact) mass is 308 g/mol. The van der Waals surface area contributed by atoms with Crippen molar-refractivity contribution in [2.75, 3.05) is 18.0 Å². The molecule has 1 aromatic carbocycles. The normalized spacial score (nSPS) is 15.7. The summed E-state index contributed by atoms with van der Waals surface area (Å²) < 4.78 is 67.7. The Kier molecular flexibility index (Phi) is 5.03. The number of anilines is 1. The van der Waals surface area contributed by atoms with E-state index in [0.717, 1.165) is 12.8 Å². The van der Waals surface area contributed by atoms with Crippen molar-refractivity contribution in [3.8, 4) is 0 Å². The highest BCUT2D eigenvalue weighted by molar-refractivity contribution is 5.51. The summed E-state index contributed by atoms with van der Waals surface area (Å²) in [5.74, 6) is -9.47. The van der Waals surface area contributed by atoms with Crippen LogP contribution in [0.5, 0.6) is 0 Å². The van der Waals surface area contributed by atoms with E-state index < -0.39 is 34.8 Å². The average molecular weight is 308 g/mol. The van der Waals surface area contributed by atoms with E-state index >= 15 is 0 Å². The Morgan fingerprint density at radius 3 is 1.81 bits per heavy atom. The molecule has 1 aliphatic carbocycles. The minimum Gasteiger partial charge on any atom is -0.364 e. The van der Waals surface area contributed by atoms with Gasteiger partial charge in [-0.25, -0.2) is 22.0 Å². The first kappa shape index (κ1) is 16.0. The number of halogens is 5. The first-order valence-electron chi connectivity index (χ1n) is 6.97. The lowest BCUT2D eigenvalue weighted by molar-refractivity contribution is 0.375. The highest BCUT2D eigenvalue weighted by Gasteiger charge is 2.32. The smallest absolute Gasteiger partial charge is 0.200 e. The summed E-state index contributed by atoms with van der Waals surface area (Å²) in [5.41, 5.74) is 4.56. The van der Waals surface area contributed by atoms with Crippen LogP contribution in [0.15, 0.2) is 0 Å². The molecule has 118 valence electrons. The molecule has 0 heterocycles. The maximum absolute atomic E-state index is 13.9. The molecule has 0 spiro atoms. The Hall–Kier alpha value is -1.37. The minimum absolute atomic E-state index is 0.166. The lowest BCUT2D eigenvalue weighted by Crippen LogP contribution is -2.37. The highest BCUT2D eigenvalue weighted by Crippen LogP contribution is 2.35. The Labute approximate surface area is 119 Å². The Bertz CT molecular complexity index is 486. The lowest BCUT2D eigenvalue weighted by Gasteiger charge is -2.32. The third-order valence-corrected chi connectivity index (χ3v) is 3.84. The van der Waals surface area contributed by atoms with Crippen molar-refractivity contribution < 1.29 is 22.0 Å². The molecule has 0 aliphatic heterocycles. The van der Waals surface area contributed by atoms with Crippen LogP contribution in [0, 0.1) is 29.1 Å². The second-order valence-corrected chi connectivity index (χ2v) is 5.19. The van der Waals surface area contributed by atoms with E-state index in [0.29, 0.717) is 19.3 Å². The zero-order valence-electron chi connectivity index (χ0n) is 11.4. The summed E-state index contributed by atoms with van der Waals surface area (Å²) in [5, 5.41) is 0. The molecule has 0 bridgehead atoms. The number of hydrogen-bond donors (Lipinski definition) is 1. The quantitative estimate of drug-likeness (QED) is 0.512. The standard InChI is InChI=1S/C14H17F5N2/c15-9-10(16)12(18)14(13(19)11(9)17)21(7-3-6-20)8-4-1-2-5-8/h8H,1-7,20H2. The Balaban J connectivity index is 2.48. The van der Waals surface area contributed by atoms with Crippen molar-refractivity contribution in [2.45, 2.75) is 38.1 Å².